The van der Waals surface area contributed by atoms with Gasteiger partial charge in [-0.15, -0.1) is 0 Å². The lowest BCUT2D eigenvalue weighted by Crippen LogP contribution is -2.54. The highest BCUT2D eigenvalue weighted by molar-refractivity contribution is 6.23. The number of nitrogens with zero attached hydrogens (tertiary/aromatic N) is 3. The number of benzene rings is 2. The molecule has 2 N–H and O–H groups in total. The van der Waals surface area contributed by atoms with E-state index in [0.29, 0.717) is 82.7 Å². The van der Waals surface area contributed by atoms with Crippen molar-refractivity contribution in [1.82, 2.24) is 25.4 Å². The second-order valence-corrected chi connectivity index (χ2v) is 16.8. The number of carbonyl (C=O) groups excluding carboxylic acids is 6. The van der Waals surface area contributed by atoms with Gasteiger partial charge in [0.1, 0.15) is 29.8 Å². The minimum absolute atomic E-state index is 0.00291. The molecule has 69 heavy (non-hydrogen) atoms. The summed E-state index contributed by atoms with van der Waals surface area (Å²) in [6.45, 7) is 3.37. The van der Waals surface area contributed by atoms with Crippen molar-refractivity contribution in [2.75, 3.05) is 80.2 Å². The van der Waals surface area contributed by atoms with Crippen LogP contribution in [0.3, 0.4) is 0 Å². The quantitative estimate of drug-likeness (QED) is 0.0855. The molecule has 1 aliphatic carbocycles. The molecule has 2 fully saturated rings. The van der Waals surface area contributed by atoms with Crippen LogP contribution < -0.4 is 20.1 Å². The van der Waals surface area contributed by atoms with Gasteiger partial charge in [0.25, 0.3) is 17.7 Å². The zero-order valence-corrected chi connectivity index (χ0v) is 38.7. The number of aromatic nitrogens is 1. The van der Waals surface area contributed by atoms with Gasteiger partial charge in [-0.3, -0.25) is 39.0 Å². The summed E-state index contributed by atoms with van der Waals surface area (Å²) in [4.78, 5) is 82.3. The number of methoxy groups -OCH3 is 1. The third-order valence-electron chi connectivity index (χ3n) is 12.0. The highest BCUT2D eigenvalue weighted by atomic mass is 19.4. The number of hydrogen-bond acceptors (Lipinski definition) is 13. The van der Waals surface area contributed by atoms with Crippen molar-refractivity contribution in [2.24, 2.45) is 11.8 Å². The van der Waals surface area contributed by atoms with Gasteiger partial charge in [-0.1, -0.05) is 36.4 Å². The van der Waals surface area contributed by atoms with Crippen LogP contribution in [0.2, 0.25) is 0 Å². The molecular weight excluding hydrogens is 908 g/mol. The van der Waals surface area contributed by atoms with E-state index in [1.807, 2.05) is 30.3 Å². The Morgan fingerprint density at radius 2 is 1.48 bits per heavy atom. The van der Waals surface area contributed by atoms with Crippen molar-refractivity contribution < 1.29 is 70.4 Å². The SMILES string of the molecule is COc1cnc(C(=O)NCc2cccc(CC(=O)N(C)CCOCCOCCOCCOCCOc3ccc4c(c3)C(=O)N(C3CCC(=O)NC3=O)C4=O)c2)cc1C=CC1CCC(C(F)(F)F)CC1. The number of alkyl halides is 3. The molecule has 1 saturated carbocycles. The van der Waals surface area contributed by atoms with Crippen LogP contribution in [-0.4, -0.2) is 143 Å². The molecule has 6 amide bonds. The fourth-order valence-corrected chi connectivity index (χ4v) is 8.04. The van der Waals surface area contributed by atoms with Crippen molar-refractivity contribution in [1.29, 1.82) is 0 Å². The minimum Gasteiger partial charge on any atom is -0.495 e. The number of allylic oxidation sites excluding steroid dienone is 1. The van der Waals surface area contributed by atoms with Gasteiger partial charge in [-0.2, -0.15) is 13.2 Å². The summed E-state index contributed by atoms with van der Waals surface area (Å²) >= 11 is 0. The number of piperidine rings is 1. The Kier molecular flexibility index (Phi) is 19.2. The maximum Gasteiger partial charge on any atom is 0.391 e. The van der Waals surface area contributed by atoms with Crippen LogP contribution in [-0.2, 0) is 46.3 Å². The predicted molar refractivity (Wildman–Crippen MR) is 242 cm³/mol. The number of likely N-dealkylation sites (N-methyl/N-ethyl adjacent to an activating group) is 1. The Labute approximate surface area is 398 Å². The first kappa shape index (κ1) is 52.2. The van der Waals surface area contributed by atoms with Crippen molar-refractivity contribution in [2.45, 2.75) is 63.7 Å². The smallest absolute Gasteiger partial charge is 0.391 e. The Hall–Kier alpha value is -6.22. The Balaban J connectivity index is 0.774. The average molecular weight is 966 g/mol. The number of fused-ring (bicyclic) bond motifs is 1. The molecule has 2 aliphatic heterocycles. The van der Waals surface area contributed by atoms with E-state index in [-0.39, 0.29) is 80.5 Å². The van der Waals surface area contributed by atoms with E-state index >= 15 is 0 Å². The molecule has 1 atom stereocenters. The normalized spacial score (nSPS) is 18.3. The largest absolute Gasteiger partial charge is 0.495 e. The third kappa shape index (κ3) is 15.1. The van der Waals surface area contributed by atoms with Gasteiger partial charge in [-0.25, -0.2) is 4.98 Å². The van der Waals surface area contributed by atoms with E-state index in [1.54, 1.807) is 30.2 Å². The van der Waals surface area contributed by atoms with Gasteiger partial charge in [0.2, 0.25) is 17.7 Å². The van der Waals surface area contributed by atoms with Crippen LogP contribution in [0.5, 0.6) is 11.5 Å². The fraction of sp³-hybridized carbons (Fsp3) is 0.490. The highest BCUT2D eigenvalue weighted by Crippen LogP contribution is 2.40. The summed E-state index contributed by atoms with van der Waals surface area (Å²) in [5, 5.41) is 5.03. The van der Waals surface area contributed by atoms with E-state index in [1.165, 1.54) is 25.4 Å². The van der Waals surface area contributed by atoms with Crippen molar-refractivity contribution >= 4 is 41.5 Å². The molecule has 0 spiro atoms. The lowest BCUT2D eigenvalue weighted by Gasteiger charge is -2.28. The van der Waals surface area contributed by atoms with Crippen LogP contribution in [0, 0.1) is 11.8 Å². The molecule has 17 nitrogen and oxygen atoms in total. The average Bonchev–Trinajstić information content (AvgIpc) is 3.58. The highest BCUT2D eigenvalue weighted by Gasteiger charge is 2.45. The van der Waals surface area contributed by atoms with E-state index in [0.717, 1.165) is 16.0 Å². The second-order valence-electron chi connectivity index (χ2n) is 16.8. The zero-order chi connectivity index (χ0) is 49.3. The molecule has 1 unspecified atom stereocenters. The number of halogens is 3. The third-order valence-corrected chi connectivity index (χ3v) is 12.0. The van der Waals surface area contributed by atoms with Crippen molar-refractivity contribution in [3.63, 3.8) is 0 Å². The lowest BCUT2D eigenvalue weighted by atomic mass is 9.81. The number of hydrogen-bond donors (Lipinski definition) is 2. The number of ether oxygens (including phenoxy) is 6. The molecule has 372 valence electrons. The molecule has 1 saturated heterocycles. The van der Waals surface area contributed by atoms with Gasteiger partial charge in [0.05, 0.1) is 89.6 Å². The first-order valence-corrected chi connectivity index (χ1v) is 22.9. The summed E-state index contributed by atoms with van der Waals surface area (Å²) in [6, 6.07) is 12.4. The Bertz CT molecular complexity index is 2320. The summed E-state index contributed by atoms with van der Waals surface area (Å²) in [6.07, 6.45) is 2.28. The molecule has 0 radical (unpaired) electrons. The predicted octanol–water partition coefficient (Wildman–Crippen LogP) is 4.95. The number of amides is 6. The number of imide groups is 2. The van der Waals surface area contributed by atoms with Gasteiger partial charge < -0.3 is 38.6 Å². The number of carbonyl (C=O) groups is 6. The maximum atomic E-state index is 13.1. The van der Waals surface area contributed by atoms with Crippen LogP contribution in [0.15, 0.2) is 60.8 Å². The molecule has 6 rings (SSSR count). The van der Waals surface area contributed by atoms with Crippen LogP contribution in [0.25, 0.3) is 6.08 Å². The lowest BCUT2D eigenvalue weighted by molar-refractivity contribution is -0.183. The molecule has 0 bridgehead atoms. The van der Waals surface area contributed by atoms with E-state index in [2.05, 4.69) is 15.6 Å². The molecule has 3 aliphatic rings. The van der Waals surface area contributed by atoms with E-state index in [4.69, 9.17) is 28.4 Å². The fourth-order valence-electron chi connectivity index (χ4n) is 8.04. The minimum atomic E-state index is -4.16. The molecule has 3 aromatic rings. The van der Waals surface area contributed by atoms with Crippen molar-refractivity contribution in [3.8, 4) is 11.5 Å². The van der Waals surface area contributed by atoms with E-state index in [9.17, 15) is 41.9 Å². The van der Waals surface area contributed by atoms with Gasteiger partial charge in [0.15, 0.2) is 0 Å². The molecule has 3 heterocycles. The second kappa shape index (κ2) is 25.4. The Morgan fingerprint density at radius 3 is 2.14 bits per heavy atom. The van der Waals surface area contributed by atoms with E-state index < -0.39 is 47.7 Å². The number of rotatable bonds is 25. The van der Waals surface area contributed by atoms with Crippen LogP contribution in [0.4, 0.5) is 13.2 Å². The van der Waals surface area contributed by atoms with Crippen LogP contribution >= 0.6 is 0 Å². The van der Waals surface area contributed by atoms with Gasteiger partial charge in [0, 0.05) is 32.1 Å². The summed E-state index contributed by atoms with van der Waals surface area (Å²) < 4.78 is 72.6. The molecular formula is C49H58F3N5O12. The van der Waals surface area contributed by atoms with Crippen LogP contribution in [0.1, 0.15) is 86.4 Å². The molecule has 20 heteroatoms. The zero-order valence-electron chi connectivity index (χ0n) is 38.7. The monoisotopic (exact) mass is 965 g/mol. The summed E-state index contributed by atoms with van der Waals surface area (Å²) in [7, 11) is 3.18. The maximum absolute atomic E-state index is 13.1. The molecule has 2 aromatic carbocycles. The first-order valence-electron chi connectivity index (χ1n) is 22.9. The Morgan fingerprint density at radius 1 is 0.826 bits per heavy atom. The van der Waals surface area contributed by atoms with Crippen molar-refractivity contribution in [3.05, 3.63) is 94.3 Å². The topological polar surface area (TPSA) is 201 Å². The van der Waals surface area contributed by atoms with Gasteiger partial charge in [-0.05, 0) is 73.4 Å². The van der Waals surface area contributed by atoms with Gasteiger partial charge >= 0.3 is 6.18 Å². The standard InChI is InChI=1S/C49H58F3N5O12/c1-56(44(59)27-33-4-3-5-34(26-33)30-54-45(60)40-28-35(42(64-2)31-53-40)9-6-32-7-10-36(11-8-32)49(50,51)52)16-17-65-18-19-66-20-21-67-22-23-68-24-25-69-37-12-13-38-39(29-37)48(63)57(47(38)62)41-14-15-43(58)55-46(41)61/h3-6,9,12-13,26,28-29,31-32,36,41H,7-8,10-11,14-25,27,30H2,1-2H3,(H,54,60)(H,55,58,61). The summed E-state index contributed by atoms with van der Waals surface area (Å²) in [5.74, 6) is -3.26. The number of nitrogens with one attached hydrogen (secondary N) is 2. The number of pyridine rings is 1. The first-order chi connectivity index (χ1) is 33.2. The molecule has 1 aromatic heterocycles. The summed E-state index contributed by atoms with van der Waals surface area (Å²) in [5.41, 5.74) is 2.64.